The average Bonchev–Trinajstić information content (AvgIpc) is 3.78. The Kier molecular flexibility index (Phi) is 7.44. The van der Waals surface area contributed by atoms with E-state index in [4.69, 9.17) is 14.7 Å². The molecule has 3 saturated heterocycles. The van der Waals surface area contributed by atoms with Crippen LogP contribution in [0.4, 0.5) is 27.8 Å². The first kappa shape index (κ1) is 32.1. The number of aryl methyl sites for hydroxylation is 2. The van der Waals surface area contributed by atoms with Gasteiger partial charge in [0.05, 0.1) is 23.6 Å². The van der Waals surface area contributed by atoms with Crippen molar-refractivity contribution in [2.45, 2.75) is 82.6 Å². The lowest BCUT2D eigenvalue weighted by atomic mass is 9.95. The normalized spacial score (nSPS) is 24.8. The zero-order valence-electron chi connectivity index (χ0n) is 27.8. The highest BCUT2D eigenvalue weighted by atomic mass is 19.4. The molecule has 9 rings (SSSR count). The smallest absolute Gasteiger partial charge is 0.391 e. The molecule has 6 heterocycles. The summed E-state index contributed by atoms with van der Waals surface area (Å²) >= 11 is 0. The molecule has 50 heavy (non-hydrogen) atoms. The van der Waals surface area contributed by atoms with Crippen molar-refractivity contribution in [2.75, 3.05) is 37.7 Å². The first-order valence-electron chi connectivity index (χ1n) is 17.7. The van der Waals surface area contributed by atoms with Crippen molar-refractivity contribution >= 4 is 27.5 Å². The van der Waals surface area contributed by atoms with Crippen LogP contribution in [0.5, 0.6) is 11.8 Å². The number of aromatic nitrogens is 3. The fourth-order valence-corrected chi connectivity index (χ4v) is 9.04. The Morgan fingerprint density at radius 3 is 2.56 bits per heavy atom. The van der Waals surface area contributed by atoms with Gasteiger partial charge in [0.2, 0.25) is 0 Å². The molecule has 0 unspecified atom stereocenters. The van der Waals surface area contributed by atoms with Crippen LogP contribution in [0.2, 0.25) is 0 Å². The molecule has 2 N–H and O–H groups in total. The molecule has 1 aliphatic carbocycles. The minimum Gasteiger partial charge on any atom is -0.508 e. The third-order valence-electron chi connectivity index (χ3n) is 12.0. The molecule has 13 heteroatoms. The summed E-state index contributed by atoms with van der Waals surface area (Å²) in [5.74, 6) is -1.88. The van der Waals surface area contributed by atoms with E-state index in [-0.39, 0.29) is 71.5 Å². The summed E-state index contributed by atoms with van der Waals surface area (Å²) in [6, 6.07) is 6.56. The highest BCUT2D eigenvalue weighted by Crippen LogP contribution is 2.48. The lowest BCUT2D eigenvalue weighted by molar-refractivity contribution is -0.185. The number of phenols is 1. The van der Waals surface area contributed by atoms with Gasteiger partial charge in [-0.3, -0.25) is 0 Å². The summed E-state index contributed by atoms with van der Waals surface area (Å²) < 4.78 is 78.1. The largest absolute Gasteiger partial charge is 0.508 e. The number of anilines is 1. The monoisotopic (exact) mass is 694 g/mol. The van der Waals surface area contributed by atoms with Crippen molar-refractivity contribution in [2.24, 2.45) is 11.3 Å². The molecule has 5 aliphatic rings. The Hall–Kier alpha value is -3.84. The molecule has 0 radical (unpaired) electrons. The second kappa shape index (κ2) is 11.6. The number of rotatable bonds is 6. The summed E-state index contributed by atoms with van der Waals surface area (Å²) in [6.45, 7) is 4.04. The Morgan fingerprint density at radius 2 is 1.80 bits per heavy atom. The zero-order valence-corrected chi connectivity index (χ0v) is 27.8. The first-order valence-corrected chi connectivity index (χ1v) is 17.7. The highest BCUT2D eigenvalue weighted by Gasteiger charge is 2.48. The maximum absolute atomic E-state index is 17.1. The third-order valence-corrected chi connectivity index (χ3v) is 12.0. The number of benzene rings is 2. The maximum atomic E-state index is 17.1. The van der Waals surface area contributed by atoms with E-state index in [1.54, 1.807) is 13.0 Å². The minimum atomic E-state index is -4.16. The van der Waals surface area contributed by atoms with Gasteiger partial charge in [-0.1, -0.05) is 6.07 Å². The number of hydrogen-bond acceptors (Lipinski definition) is 8. The average molecular weight is 695 g/mol. The van der Waals surface area contributed by atoms with E-state index in [1.165, 1.54) is 18.2 Å². The highest BCUT2D eigenvalue weighted by molar-refractivity contribution is 6.02. The van der Waals surface area contributed by atoms with E-state index >= 15 is 4.39 Å². The van der Waals surface area contributed by atoms with E-state index in [0.717, 1.165) is 32.1 Å². The predicted molar refractivity (Wildman–Crippen MR) is 178 cm³/mol. The number of alkyl halides is 3. The molecule has 8 nitrogen and oxygen atoms in total. The molecule has 4 aromatic rings. The number of hydrogen-bond donors (Lipinski definition) is 2. The van der Waals surface area contributed by atoms with Crippen LogP contribution in [0, 0.1) is 29.9 Å². The predicted octanol–water partition coefficient (Wildman–Crippen LogP) is 6.83. The standard InChI is InChI=1S/C37H39F5N6O2/c1-19-25(38)4-2-20-14-23(49)15-24(29(19)20)32-31(39)33-30-27(44-32)6-7-28-26-5-3-22(43-26)16-48(28)34(30)46-35(45-33)50-18-36(10-11-36)17-47-12-8-21(9-13-47)37(40,41)42/h2,4,14-15,21-22,26,28,43,49H,3,5-13,16-18H2,1H3/t22-,26+,28-/m1/s1. The number of ether oxygens (including phenoxy) is 1. The van der Waals surface area contributed by atoms with Crippen LogP contribution in [0.3, 0.4) is 0 Å². The van der Waals surface area contributed by atoms with Crippen LogP contribution < -0.4 is 15.0 Å². The van der Waals surface area contributed by atoms with E-state index in [2.05, 4.69) is 20.1 Å². The fraction of sp³-hybridized carbons (Fsp3) is 0.541. The van der Waals surface area contributed by atoms with Gasteiger partial charge >= 0.3 is 12.2 Å². The van der Waals surface area contributed by atoms with Gasteiger partial charge in [0.15, 0.2) is 5.82 Å². The van der Waals surface area contributed by atoms with E-state index in [9.17, 15) is 22.7 Å². The van der Waals surface area contributed by atoms with E-state index < -0.39 is 23.7 Å². The van der Waals surface area contributed by atoms with Crippen molar-refractivity contribution < 1.29 is 31.8 Å². The van der Waals surface area contributed by atoms with Gasteiger partial charge in [0.25, 0.3) is 0 Å². The Labute approximate surface area is 286 Å². The summed E-state index contributed by atoms with van der Waals surface area (Å²) in [5, 5.41) is 16.0. The molecule has 0 amide bonds. The molecule has 0 spiro atoms. The van der Waals surface area contributed by atoms with Gasteiger partial charge in [0, 0.05) is 42.2 Å². The molecule has 3 atom stereocenters. The van der Waals surface area contributed by atoms with Crippen LogP contribution in [-0.4, -0.2) is 82.0 Å². The lowest BCUT2D eigenvalue weighted by Gasteiger charge is -2.41. The van der Waals surface area contributed by atoms with Gasteiger partial charge in [-0.15, -0.1) is 0 Å². The molecule has 1 saturated carbocycles. The number of piperidine rings is 1. The summed E-state index contributed by atoms with van der Waals surface area (Å²) in [6.07, 6.45) is 1.22. The Morgan fingerprint density at radius 1 is 1.00 bits per heavy atom. The third kappa shape index (κ3) is 5.42. The van der Waals surface area contributed by atoms with Crippen LogP contribution in [0.15, 0.2) is 24.3 Å². The molecule has 4 aliphatic heterocycles. The Balaban J connectivity index is 1.11. The molecular formula is C37H39F5N6O2. The van der Waals surface area contributed by atoms with Crippen LogP contribution >= 0.6 is 0 Å². The van der Waals surface area contributed by atoms with Crippen molar-refractivity contribution in [3.63, 3.8) is 0 Å². The second-order valence-electron chi connectivity index (χ2n) is 15.2. The first-order chi connectivity index (χ1) is 24.0. The number of piperazine rings is 1. The summed E-state index contributed by atoms with van der Waals surface area (Å²) in [4.78, 5) is 18.9. The van der Waals surface area contributed by atoms with Crippen LogP contribution in [0.25, 0.3) is 32.9 Å². The molecular weight excluding hydrogens is 655 g/mol. The van der Waals surface area contributed by atoms with Crippen molar-refractivity contribution in [3.05, 3.63) is 47.2 Å². The summed E-state index contributed by atoms with van der Waals surface area (Å²) in [5.41, 5.74) is 1.09. The quantitative estimate of drug-likeness (QED) is 0.213. The molecule has 2 aromatic heterocycles. The Bertz CT molecular complexity index is 2010. The van der Waals surface area contributed by atoms with E-state index in [0.29, 0.717) is 65.8 Å². The van der Waals surface area contributed by atoms with Gasteiger partial charge in [-0.25, -0.2) is 13.8 Å². The molecule has 2 aromatic carbocycles. The van der Waals surface area contributed by atoms with Gasteiger partial charge in [-0.05, 0) is 106 Å². The fourth-order valence-electron chi connectivity index (χ4n) is 9.04. The number of aromatic hydroxyl groups is 1. The second-order valence-corrected chi connectivity index (χ2v) is 15.2. The van der Waals surface area contributed by atoms with Crippen LogP contribution in [-0.2, 0) is 6.42 Å². The number of likely N-dealkylation sites (tertiary alicyclic amines) is 1. The molecule has 4 fully saturated rings. The van der Waals surface area contributed by atoms with Gasteiger partial charge in [-0.2, -0.15) is 23.1 Å². The number of nitrogens with one attached hydrogen (secondary N) is 1. The lowest BCUT2D eigenvalue weighted by Crippen LogP contribution is -2.58. The minimum absolute atomic E-state index is 0.0156. The number of pyridine rings is 1. The molecule has 2 bridgehead atoms. The topological polar surface area (TPSA) is 86.6 Å². The van der Waals surface area contributed by atoms with Gasteiger partial charge in [0.1, 0.15) is 28.6 Å². The molecule has 264 valence electrons. The zero-order chi connectivity index (χ0) is 34.5. The summed E-state index contributed by atoms with van der Waals surface area (Å²) in [7, 11) is 0. The van der Waals surface area contributed by atoms with Crippen LogP contribution in [0.1, 0.15) is 56.2 Å². The van der Waals surface area contributed by atoms with E-state index in [1.807, 2.05) is 0 Å². The number of fused-ring (bicyclic) bond motifs is 6. The van der Waals surface area contributed by atoms with Gasteiger partial charge < -0.3 is 25.0 Å². The number of halogens is 5. The van der Waals surface area contributed by atoms with Crippen molar-refractivity contribution in [1.29, 1.82) is 0 Å². The number of phenolic OH excluding ortho intramolecular Hbond substituents is 1. The SMILES string of the molecule is Cc1c(F)ccc2cc(O)cc(-c3nc4c5c(nc(OCC6(CN7CCC(C(F)(F)F)CC7)CC6)nc5c3F)N3C[C@H]5CC[C@H](N5)[C@H]3CC4)c12. The van der Waals surface area contributed by atoms with Crippen molar-refractivity contribution in [1.82, 2.24) is 25.2 Å². The maximum Gasteiger partial charge on any atom is 0.391 e. The number of nitrogens with zero attached hydrogens (tertiary/aromatic N) is 5. The van der Waals surface area contributed by atoms with Crippen molar-refractivity contribution in [3.8, 4) is 23.0 Å².